The van der Waals surface area contributed by atoms with Gasteiger partial charge in [-0.05, 0) is 12.1 Å². The number of carboxylic acids is 1. The summed E-state index contributed by atoms with van der Waals surface area (Å²) in [7, 11) is 0. The van der Waals surface area contributed by atoms with Crippen molar-refractivity contribution in [3.8, 4) is 0 Å². The number of hydrogen-bond donors (Lipinski definition) is 3. The van der Waals surface area contributed by atoms with Crippen molar-refractivity contribution in [2.24, 2.45) is 0 Å². The predicted molar refractivity (Wildman–Crippen MR) is 61.8 cm³/mol. The minimum Gasteiger partial charge on any atom is -0.480 e. The summed E-state index contributed by atoms with van der Waals surface area (Å²) in [4.78, 5) is 21.4. The monoisotopic (exact) mass is 274 g/mol. The Hall–Kier alpha value is -2.22. The number of anilines is 1. The highest BCUT2D eigenvalue weighted by molar-refractivity contribution is 5.89. The second-order valence-electron chi connectivity index (χ2n) is 3.45. The average Bonchev–Trinajstić information content (AvgIpc) is 2.32. The fourth-order valence-electron chi connectivity index (χ4n) is 1.15. The molecular weight excluding hydrogens is 262 g/mol. The largest absolute Gasteiger partial charge is 0.480 e. The van der Waals surface area contributed by atoms with Crippen molar-refractivity contribution < 1.29 is 28.2 Å². The molecule has 2 amide bonds. The molecule has 0 bridgehead atoms. The third-order valence-corrected chi connectivity index (χ3v) is 1.94. The fourth-order valence-corrected chi connectivity index (χ4v) is 1.15. The first-order valence-electron chi connectivity index (χ1n) is 5.28. The van der Waals surface area contributed by atoms with Crippen LogP contribution in [0.3, 0.4) is 0 Å². The van der Waals surface area contributed by atoms with Gasteiger partial charge in [0.1, 0.15) is 18.2 Å². The van der Waals surface area contributed by atoms with E-state index in [1.54, 1.807) is 0 Å². The van der Waals surface area contributed by atoms with Gasteiger partial charge in [0.2, 0.25) is 0 Å². The van der Waals surface area contributed by atoms with E-state index in [0.717, 1.165) is 12.1 Å². The Kier molecular flexibility index (Phi) is 5.68. The molecule has 0 radical (unpaired) electrons. The number of urea groups is 1. The Morgan fingerprint density at radius 1 is 1.32 bits per heavy atom. The van der Waals surface area contributed by atoms with E-state index in [1.807, 2.05) is 0 Å². The van der Waals surface area contributed by atoms with Crippen LogP contribution in [0.5, 0.6) is 0 Å². The van der Waals surface area contributed by atoms with E-state index in [4.69, 9.17) is 5.11 Å². The zero-order chi connectivity index (χ0) is 14.3. The molecule has 3 N–H and O–H groups in total. The normalized spacial score (nSPS) is 10.0. The van der Waals surface area contributed by atoms with Crippen LogP contribution in [-0.4, -0.2) is 36.9 Å². The maximum atomic E-state index is 13.2. The molecule has 0 saturated carbocycles. The van der Waals surface area contributed by atoms with Crippen LogP contribution in [0.25, 0.3) is 0 Å². The number of carboxylic acid groups (broad SMARTS) is 1. The number of amides is 2. The lowest BCUT2D eigenvalue weighted by Gasteiger charge is -2.08. The molecule has 0 spiro atoms. The number of hydrogen-bond acceptors (Lipinski definition) is 3. The second-order valence-corrected chi connectivity index (χ2v) is 3.45. The molecule has 0 aliphatic carbocycles. The number of halogens is 2. The Morgan fingerprint density at radius 2 is 2.05 bits per heavy atom. The van der Waals surface area contributed by atoms with Gasteiger partial charge < -0.3 is 20.5 Å². The van der Waals surface area contributed by atoms with Crippen molar-refractivity contribution in [1.82, 2.24) is 5.32 Å². The molecule has 1 aromatic carbocycles. The number of nitrogens with one attached hydrogen (secondary N) is 2. The van der Waals surface area contributed by atoms with E-state index >= 15 is 0 Å². The van der Waals surface area contributed by atoms with Gasteiger partial charge in [-0.1, -0.05) is 0 Å². The third-order valence-electron chi connectivity index (χ3n) is 1.94. The zero-order valence-corrected chi connectivity index (χ0v) is 9.78. The highest BCUT2D eigenvalue weighted by Crippen LogP contribution is 2.14. The first-order valence-corrected chi connectivity index (χ1v) is 5.28. The lowest BCUT2D eigenvalue weighted by molar-refractivity contribution is -0.142. The molecule has 0 atom stereocenters. The van der Waals surface area contributed by atoms with Gasteiger partial charge >= 0.3 is 12.0 Å². The van der Waals surface area contributed by atoms with E-state index in [0.29, 0.717) is 6.07 Å². The van der Waals surface area contributed by atoms with Crippen molar-refractivity contribution in [1.29, 1.82) is 0 Å². The number of benzene rings is 1. The second kappa shape index (κ2) is 7.27. The van der Waals surface area contributed by atoms with Crippen molar-refractivity contribution in [3.05, 3.63) is 29.8 Å². The molecule has 1 rings (SSSR count). The highest BCUT2D eigenvalue weighted by Gasteiger charge is 2.07. The SMILES string of the molecule is O=C(O)COCCNC(=O)Nc1ccc(F)cc1F. The Morgan fingerprint density at radius 3 is 2.68 bits per heavy atom. The van der Waals surface area contributed by atoms with Gasteiger partial charge in [0.15, 0.2) is 0 Å². The third kappa shape index (κ3) is 5.77. The summed E-state index contributed by atoms with van der Waals surface area (Å²) in [5, 5.41) is 12.8. The summed E-state index contributed by atoms with van der Waals surface area (Å²) in [6.45, 7) is -0.399. The number of carbonyl (C=O) groups is 2. The quantitative estimate of drug-likeness (QED) is 0.680. The summed E-state index contributed by atoms with van der Waals surface area (Å²) >= 11 is 0. The van der Waals surface area contributed by atoms with E-state index in [2.05, 4.69) is 15.4 Å². The minimum atomic E-state index is -1.11. The molecule has 19 heavy (non-hydrogen) atoms. The van der Waals surface area contributed by atoms with Crippen LogP contribution >= 0.6 is 0 Å². The van der Waals surface area contributed by atoms with Crippen LogP contribution in [0.1, 0.15) is 0 Å². The smallest absolute Gasteiger partial charge is 0.329 e. The molecule has 0 fully saturated rings. The molecule has 104 valence electrons. The van der Waals surface area contributed by atoms with Crippen LogP contribution < -0.4 is 10.6 Å². The fraction of sp³-hybridized carbons (Fsp3) is 0.273. The molecule has 1 aromatic rings. The van der Waals surface area contributed by atoms with Gasteiger partial charge in [-0.15, -0.1) is 0 Å². The summed E-state index contributed by atoms with van der Waals surface area (Å²) < 4.78 is 30.4. The van der Waals surface area contributed by atoms with Crippen molar-refractivity contribution in [2.75, 3.05) is 25.1 Å². The van der Waals surface area contributed by atoms with E-state index in [-0.39, 0.29) is 18.8 Å². The van der Waals surface area contributed by atoms with Crippen LogP contribution in [0, 0.1) is 11.6 Å². The molecule has 0 aromatic heterocycles. The summed E-state index contributed by atoms with van der Waals surface area (Å²) in [6.07, 6.45) is 0. The molecule has 0 unspecified atom stereocenters. The van der Waals surface area contributed by atoms with Crippen LogP contribution in [0.15, 0.2) is 18.2 Å². The number of ether oxygens (including phenoxy) is 1. The Labute approximate surface area is 107 Å². The Balaban J connectivity index is 2.29. The van der Waals surface area contributed by atoms with Crippen LogP contribution in [0.4, 0.5) is 19.3 Å². The molecule has 0 heterocycles. The molecule has 0 aliphatic heterocycles. The molecule has 6 nitrogen and oxygen atoms in total. The predicted octanol–water partition coefficient (Wildman–Crippen LogP) is 1.19. The van der Waals surface area contributed by atoms with Gasteiger partial charge in [-0.3, -0.25) is 0 Å². The van der Waals surface area contributed by atoms with Crippen LogP contribution in [-0.2, 0) is 9.53 Å². The van der Waals surface area contributed by atoms with E-state index in [1.165, 1.54) is 0 Å². The first kappa shape index (κ1) is 14.8. The van der Waals surface area contributed by atoms with Gasteiger partial charge in [0.05, 0.1) is 12.3 Å². The molecule has 0 aliphatic rings. The van der Waals surface area contributed by atoms with Crippen molar-refractivity contribution in [3.63, 3.8) is 0 Å². The van der Waals surface area contributed by atoms with E-state index in [9.17, 15) is 18.4 Å². The zero-order valence-electron chi connectivity index (χ0n) is 9.78. The summed E-state index contributed by atoms with van der Waals surface area (Å²) in [6, 6.07) is 2.04. The molecule has 0 saturated heterocycles. The maximum absolute atomic E-state index is 13.2. The summed E-state index contributed by atoms with van der Waals surface area (Å²) in [5.41, 5.74) is -0.162. The standard InChI is InChI=1S/C11H12F2N2O4/c12-7-1-2-9(8(13)5-7)15-11(18)14-3-4-19-6-10(16)17/h1-2,5H,3-4,6H2,(H,16,17)(H2,14,15,18). The number of carbonyl (C=O) groups excluding carboxylic acids is 1. The van der Waals surface area contributed by atoms with Gasteiger partial charge in [0, 0.05) is 12.6 Å². The van der Waals surface area contributed by atoms with Crippen LogP contribution in [0.2, 0.25) is 0 Å². The average molecular weight is 274 g/mol. The summed E-state index contributed by atoms with van der Waals surface area (Å²) in [5.74, 6) is -2.75. The maximum Gasteiger partial charge on any atom is 0.329 e. The highest BCUT2D eigenvalue weighted by atomic mass is 19.1. The lowest BCUT2D eigenvalue weighted by Crippen LogP contribution is -2.32. The van der Waals surface area contributed by atoms with Crippen molar-refractivity contribution in [2.45, 2.75) is 0 Å². The topological polar surface area (TPSA) is 87.7 Å². The molecular formula is C11H12F2N2O4. The molecule has 8 heteroatoms. The van der Waals surface area contributed by atoms with Crippen molar-refractivity contribution >= 4 is 17.7 Å². The van der Waals surface area contributed by atoms with Gasteiger partial charge in [-0.2, -0.15) is 0 Å². The van der Waals surface area contributed by atoms with Gasteiger partial charge in [-0.25, -0.2) is 18.4 Å². The number of aliphatic carboxylic acids is 1. The minimum absolute atomic E-state index is 0.00558. The van der Waals surface area contributed by atoms with Gasteiger partial charge in [0.25, 0.3) is 0 Å². The first-order chi connectivity index (χ1) is 8.99. The van der Waals surface area contributed by atoms with E-state index < -0.39 is 30.2 Å². The Bertz CT molecular complexity index is 468. The lowest BCUT2D eigenvalue weighted by atomic mass is 10.3. The number of rotatable bonds is 6.